The van der Waals surface area contributed by atoms with Gasteiger partial charge in [-0.15, -0.1) is 0 Å². The second-order valence-corrected chi connectivity index (χ2v) is 7.28. The van der Waals surface area contributed by atoms with Gasteiger partial charge in [0.25, 0.3) is 0 Å². The lowest BCUT2D eigenvalue weighted by Gasteiger charge is -2.26. The van der Waals surface area contributed by atoms with Gasteiger partial charge in [0.2, 0.25) is 0 Å². The summed E-state index contributed by atoms with van der Waals surface area (Å²) in [4.78, 5) is 9.24. The number of ether oxygens (including phenoxy) is 2. The number of hydrogen-bond acceptors (Lipinski definition) is 5. The third-order valence-electron chi connectivity index (χ3n) is 5.07. The third-order valence-corrected chi connectivity index (χ3v) is 5.07. The lowest BCUT2D eigenvalue weighted by Crippen LogP contribution is -2.22. The molecular weight excluding hydrogens is 383 g/mol. The highest BCUT2D eigenvalue weighted by Crippen LogP contribution is 2.40. The Morgan fingerprint density at radius 1 is 1.21 bits per heavy atom. The fraction of sp³-hybridized carbons (Fsp3) is 0.524. The molecule has 1 aromatic carbocycles. The number of alkyl halides is 3. The first kappa shape index (κ1) is 21.2. The minimum absolute atomic E-state index is 0.0802. The largest absolute Gasteiger partial charge is 0.488 e. The molecule has 0 amide bonds. The van der Waals surface area contributed by atoms with Crippen molar-refractivity contribution in [1.29, 1.82) is 0 Å². The van der Waals surface area contributed by atoms with Crippen LogP contribution in [0, 0.1) is 0 Å². The standard InChI is InChI=1S/C21H26F3N3O2/c1-4-14(2)28-20-25-13-16(21(22,23)24)19(26-20)27(3)17-11-7-8-12-18(17)29-15-9-5-6-10-15/h7-8,11-15H,4-6,9-10H2,1-3H3. The van der Waals surface area contributed by atoms with Crippen molar-refractivity contribution < 1.29 is 22.6 Å². The van der Waals surface area contributed by atoms with Crippen molar-refractivity contribution in [2.75, 3.05) is 11.9 Å². The molecule has 0 aliphatic heterocycles. The van der Waals surface area contributed by atoms with Gasteiger partial charge in [-0.25, -0.2) is 4.98 Å². The van der Waals surface area contributed by atoms with Crippen molar-refractivity contribution in [2.45, 2.75) is 64.3 Å². The Hall–Kier alpha value is -2.51. The van der Waals surface area contributed by atoms with E-state index in [1.165, 1.54) is 4.90 Å². The van der Waals surface area contributed by atoms with Gasteiger partial charge in [-0.2, -0.15) is 18.2 Å². The number of aromatic nitrogens is 2. The molecule has 1 aliphatic rings. The van der Waals surface area contributed by atoms with E-state index >= 15 is 0 Å². The summed E-state index contributed by atoms with van der Waals surface area (Å²) < 4.78 is 52.5. The number of anilines is 2. The number of hydrogen-bond donors (Lipinski definition) is 0. The summed E-state index contributed by atoms with van der Waals surface area (Å²) >= 11 is 0. The van der Waals surface area contributed by atoms with Gasteiger partial charge in [-0.1, -0.05) is 19.1 Å². The molecule has 1 unspecified atom stereocenters. The second kappa shape index (κ2) is 8.88. The molecule has 0 spiro atoms. The normalized spacial score (nSPS) is 15.9. The smallest absolute Gasteiger partial charge is 0.421 e. The van der Waals surface area contributed by atoms with E-state index < -0.39 is 11.7 Å². The van der Waals surface area contributed by atoms with Crippen LogP contribution in [0.25, 0.3) is 0 Å². The predicted octanol–water partition coefficient (Wildman–Crippen LogP) is 5.76. The van der Waals surface area contributed by atoms with Crippen LogP contribution >= 0.6 is 0 Å². The Morgan fingerprint density at radius 3 is 2.55 bits per heavy atom. The van der Waals surface area contributed by atoms with Crippen molar-refractivity contribution in [1.82, 2.24) is 9.97 Å². The van der Waals surface area contributed by atoms with Crippen molar-refractivity contribution >= 4 is 11.5 Å². The van der Waals surface area contributed by atoms with Crippen LogP contribution in [-0.4, -0.2) is 29.2 Å². The van der Waals surface area contributed by atoms with Crippen molar-refractivity contribution in [3.63, 3.8) is 0 Å². The molecule has 0 bridgehead atoms. The lowest BCUT2D eigenvalue weighted by atomic mass is 10.2. The molecule has 1 heterocycles. The Balaban J connectivity index is 1.98. The molecule has 3 rings (SSSR count). The zero-order chi connectivity index (χ0) is 21.0. The number of halogens is 3. The molecule has 158 valence electrons. The Labute approximate surface area is 168 Å². The predicted molar refractivity (Wildman–Crippen MR) is 105 cm³/mol. The van der Waals surface area contributed by atoms with Crippen molar-refractivity contribution in [3.05, 3.63) is 36.0 Å². The zero-order valence-electron chi connectivity index (χ0n) is 16.9. The molecule has 1 fully saturated rings. The third kappa shape index (κ3) is 5.10. The zero-order valence-corrected chi connectivity index (χ0v) is 16.9. The average Bonchev–Trinajstić information content (AvgIpc) is 3.20. The molecule has 5 nitrogen and oxygen atoms in total. The molecule has 1 aromatic heterocycles. The van der Waals surface area contributed by atoms with Crippen LogP contribution in [0.15, 0.2) is 30.5 Å². The highest BCUT2D eigenvalue weighted by Gasteiger charge is 2.37. The number of para-hydroxylation sites is 2. The molecule has 29 heavy (non-hydrogen) atoms. The topological polar surface area (TPSA) is 47.5 Å². The first-order valence-corrected chi connectivity index (χ1v) is 9.90. The number of nitrogens with zero attached hydrogens (tertiary/aromatic N) is 3. The molecular formula is C21H26F3N3O2. The summed E-state index contributed by atoms with van der Waals surface area (Å²) in [5.41, 5.74) is -0.412. The van der Waals surface area contributed by atoms with E-state index in [-0.39, 0.29) is 24.0 Å². The van der Waals surface area contributed by atoms with Crippen LogP contribution in [0.1, 0.15) is 51.5 Å². The van der Waals surface area contributed by atoms with E-state index in [0.29, 0.717) is 17.9 Å². The summed E-state index contributed by atoms with van der Waals surface area (Å²) in [5, 5.41) is 0. The highest BCUT2D eigenvalue weighted by molar-refractivity contribution is 5.68. The fourth-order valence-electron chi connectivity index (χ4n) is 3.27. The molecule has 0 radical (unpaired) electrons. The number of benzene rings is 1. The second-order valence-electron chi connectivity index (χ2n) is 7.28. The maximum absolute atomic E-state index is 13.6. The van der Waals surface area contributed by atoms with E-state index in [4.69, 9.17) is 9.47 Å². The first-order chi connectivity index (χ1) is 13.8. The summed E-state index contributed by atoms with van der Waals surface area (Å²) in [6, 6.07) is 6.99. The van der Waals surface area contributed by atoms with Crippen LogP contribution in [0.4, 0.5) is 24.7 Å². The van der Waals surface area contributed by atoms with Gasteiger partial charge >= 0.3 is 12.2 Å². The van der Waals surface area contributed by atoms with Gasteiger partial charge in [-0.3, -0.25) is 0 Å². The van der Waals surface area contributed by atoms with Crippen LogP contribution < -0.4 is 14.4 Å². The van der Waals surface area contributed by atoms with Gasteiger partial charge in [0.05, 0.1) is 17.9 Å². The molecule has 2 aromatic rings. The fourth-order valence-corrected chi connectivity index (χ4v) is 3.27. The van der Waals surface area contributed by atoms with Gasteiger partial charge in [0, 0.05) is 13.2 Å². The highest BCUT2D eigenvalue weighted by atomic mass is 19.4. The van der Waals surface area contributed by atoms with Crippen LogP contribution in [0.3, 0.4) is 0 Å². The summed E-state index contributed by atoms with van der Waals surface area (Å²) in [6.07, 6.45) is 0.846. The molecule has 1 saturated carbocycles. The average molecular weight is 409 g/mol. The SMILES string of the molecule is CCC(C)Oc1ncc(C(F)(F)F)c(N(C)c2ccccc2OC2CCCC2)n1. The Morgan fingerprint density at radius 2 is 1.90 bits per heavy atom. The summed E-state index contributed by atoms with van der Waals surface area (Å²) in [5.74, 6) is 0.270. The molecule has 0 saturated heterocycles. The monoisotopic (exact) mass is 409 g/mol. The molecule has 1 atom stereocenters. The van der Waals surface area contributed by atoms with Gasteiger partial charge < -0.3 is 14.4 Å². The summed E-state index contributed by atoms with van der Waals surface area (Å²) in [7, 11) is 1.54. The van der Waals surface area contributed by atoms with Crippen molar-refractivity contribution in [2.24, 2.45) is 0 Å². The molecule has 8 heteroatoms. The van der Waals surface area contributed by atoms with E-state index in [9.17, 15) is 13.2 Å². The Bertz CT molecular complexity index is 823. The van der Waals surface area contributed by atoms with Crippen LogP contribution in [0.5, 0.6) is 11.8 Å². The van der Waals surface area contributed by atoms with Gasteiger partial charge in [-0.05, 0) is 51.2 Å². The first-order valence-electron chi connectivity index (χ1n) is 9.90. The Kier molecular flexibility index (Phi) is 6.49. The van der Waals surface area contributed by atoms with Crippen LogP contribution in [0.2, 0.25) is 0 Å². The molecule has 0 N–H and O–H groups in total. The van der Waals surface area contributed by atoms with E-state index in [1.807, 2.05) is 19.9 Å². The summed E-state index contributed by atoms with van der Waals surface area (Å²) in [6.45, 7) is 3.73. The van der Waals surface area contributed by atoms with E-state index in [2.05, 4.69) is 9.97 Å². The molecule has 1 aliphatic carbocycles. The van der Waals surface area contributed by atoms with E-state index in [1.54, 1.807) is 25.2 Å². The van der Waals surface area contributed by atoms with Crippen LogP contribution in [-0.2, 0) is 6.18 Å². The lowest BCUT2D eigenvalue weighted by molar-refractivity contribution is -0.137. The minimum atomic E-state index is -4.60. The van der Waals surface area contributed by atoms with Gasteiger partial charge in [0.15, 0.2) is 5.82 Å². The quantitative estimate of drug-likeness (QED) is 0.582. The minimum Gasteiger partial charge on any atom is -0.488 e. The number of rotatable bonds is 7. The maximum atomic E-state index is 13.6. The maximum Gasteiger partial charge on any atom is 0.421 e. The van der Waals surface area contributed by atoms with Gasteiger partial charge in [0.1, 0.15) is 11.3 Å². The van der Waals surface area contributed by atoms with Crippen molar-refractivity contribution in [3.8, 4) is 11.8 Å². The van der Waals surface area contributed by atoms with E-state index in [0.717, 1.165) is 31.9 Å².